The van der Waals surface area contributed by atoms with Crippen molar-refractivity contribution in [1.29, 1.82) is 0 Å². The third-order valence-electron chi connectivity index (χ3n) is 4.50. The first kappa shape index (κ1) is 17.4. The zero-order chi connectivity index (χ0) is 17.6. The summed E-state index contributed by atoms with van der Waals surface area (Å²) in [6, 6.07) is 9.54. The van der Waals surface area contributed by atoms with Gasteiger partial charge in [0.1, 0.15) is 6.54 Å². The van der Waals surface area contributed by atoms with Gasteiger partial charge >= 0.3 is 11.8 Å². The van der Waals surface area contributed by atoms with Gasteiger partial charge < -0.3 is 19.9 Å². The van der Waals surface area contributed by atoms with Crippen molar-refractivity contribution in [2.24, 2.45) is 0 Å². The van der Waals surface area contributed by atoms with Gasteiger partial charge in [0, 0.05) is 32.8 Å². The minimum Gasteiger partial charge on any atom is -0.376 e. The molecule has 7 heteroatoms. The number of hydrogen-bond acceptors (Lipinski definition) is 4. The van der Waals surface area contributed by atoms with E-state index >= 15 is 0 Å². The van der Waals surface area contributed by atoms with E-state index in [4.69, 9.17) is 4.74 Å². The molecule has 0 spiro atoms. The Morgan fingerprint density at radius 2 is 1.84 bits per heavy atom. The van der Waals surface area contributed by atoms with Crippen molar-refractivity contribution >= 4 is 17.7 Å². The summed E-state index contributed by atoms with van der Waals surface area (Å²) in [5, 5.41) is 2.78. The summed E-state index contributed by atoms with van der Waals surface area (Å²) in [4.78, 5) is 39.4. The second-order valence-corrected chi connectivity index (χ2v) is 6.38. The van der Waals surface area contributed by atoms with Gasteiger partial charge in [-0.3, -0.25) is 14.4 Å². The predicted octanol–water partition coefficient (Wildman–Crippen LogP) is 0.153. The highest BCUT2D eigenvalue weighted by Gasteiger charge is 2.33. The molecule has 3 rings (SSSR count). The zero-order valence-electron chi connectivity index (χ0n) is 14.1. The van der Waals surface area contributed by atoms with Crippen LogP contribution >= 0.6 is 0 Å². The maximum absolute atomic E-state index is 12.3. The number of hydrogen-bond donors (Lipinski definition) is 1. The number of ether oxygens (including phenoxy) is 1. The van der Waals surface area contributed by atoms with E-state index in [1.165, 1.54) is 9.80 Å². The summed E-state index contributed by atoms with van der Waals surface area (Å²) >= 11 is 0. The van der Waals surface area contributed by atoms with Crippen LogP contribution in [0.5, 0.6) is 0 Å². The number of carbonyl (C=O) groups excluding carboxylic acids is 3. The number of nitrogens with zero attached hydrogens (tertiary/aromatic N) is 2. The SMILES string of the molecule is O=C(CN1CCN(Cc2ccccc2)C(=O)C1=O)NC[C@@H]1CCCO1. The maximum Gasteiger partial charge on any atom is 0.312 e. The first-order valence-corrected chi connectivity index (χ1v) is 8.64. The van der Waals surface area contributed by atoms with E-state index < -0.39 is 11.8 Å². The van der Waals surface area contributed by atoms with Crippen molar-refractivity contribution in [2.75, 3.05) is 32.8 Å². The van der Waals surface area contributed by atoms with E-state index in [1.54, 1.807) is 0 Å². The zero-order valence-corrected chi connectivity index (χ0v) is 14.1. The minimum atomic E-state index is -0.616. The molecule has 2 heterocycles. The van der Waals surface area contributed by atoms with E-state index in [1.807, 2.05) is 30.3 Å². The molecule has 1 N–H and O–H groups in total. The molecule has 1 aromatic carbocycles. The minimum absolute atomic E-state index is 0.0593. The average Bonchev–Trinajstić information content (AvgIpc) is 3.14. The molecule has 3 amide bonds. The Morgan fingerprint density at radius 1 is 1.12 bits per heavy atom. The fourth-order valence-electron chi connectivity index (χ4n) is 3.08. The molecule has 0 aromatic heterocycles. The molecule has 0 aliphatic carbocycles. The van der Waals surface area contributed by atoms with Gasteiger partial charge in [-0.25, -0.2) is 0 Å². The fraction of sp³-hybridized carbons (Fsp3) is 0.500. The van der Waals surface area contributed by atoms with Crippen LogP contribution in [0.2, 0.25) is 0 Å². The molecule has 2 fully saturated rings. The van der Waals surface area contributed by atoms with Crippen molar-refractivity contribution in [3.63, 3.8) is 0 Å². The number of piperazine rings is 1. The highest BCUT2D eigenvalue weighted by atomic mass is 16.5. The van der Waals surface area contributed by atoms with Crippen LogP contribution in [0.3, 0.4) is 0 Å². The Labute approximate surface area is 146 Å². The normalized spacial score (nSPS) is 20.9. The van der Waals surface area contributed by atoms with Crippen molar-refractivity contribution in [3.8, 4) is 0 Å². The Morgan fingerprint density at radius 3 is 2.56 bits per heavy atom. The van der Waals surface area contributed by atoms with E-state index in [9.17, 15) is 14.4 Å². The number of nitrogens with one attached hydrogen (secondary N) is 1. The Kier molecular flexibility index (Phi) is 5.65. The molecule has 0 saturated carbocycles. The summed E-state index contributed by atoms with van der Waals surface area (Å²) in [6.45, 7) is 2.30. The van der Waals surface area contributed by atoms with Crippen LogP contribution in [0.25, 0.3) is 0 Å². The predicted molar refractivity (Wildman–Crippen MR) is 90.4 cm³/mol. The quantitative estimate of drug-likeness (QED) is 0.745. The lowest BCUT2D eigenvalue weighted by molar-refractivity contribution is -0.157. The summed E-state index contributed by atoms with van der Waals surface area (Å²) in [5.74, 6) is -1.43. The second kappa shape index (κ2) is 8.11. The van der Waals surface area contributed by atoms with Crippen molar-refractivity contribution in [2.45, 2.75) is 25.5 Å². The van der Waals surface area contributed by atoms with Crippen molar-refractivity contribution in [1.82, 2.24) is 15.1 Å². The van der Waals surface area contributed by atoms with Crippen molar-refractivity contribution < 1.29 is 19.1 Å². The summed E-state index contributed by atoms with van der Waals surface area (Å²) < 4.78 is 5.45. The molecule has 2 aliphatic rings. The molecule has 7 nitrogen and oxygen atoms in total. The van der Waals surface area contributed by atoms with Crippen molar-refractivity contribution in [3.05, 3.63) is 35.9 Å². The number of carbonyl (C=O) groups is 3. The monoisotopic (exact) mass is 345 g/mol. The lowest BCUT2D eigenvalue weighted by atomic mass is 10.2. The van der Waals surface area contributed by atoms with E-state index in [0.29, 0.717) is 26.2 Å². The van der Waals surface area contributed by atoms with Gasteiger partial charge in [0.15, 0.2) is 0 Å². The topological polar surface area (TPSA) is 79.0 Å². The smallest absolute Gasteiger partial charge is 0.312 e. The van der Waals surface area contributed by atoms with E-state index in [0.717, 1.165) is 25.0 Å². The van der Waals surface area contributed by atoms with Crippen LogP contribution in [0.15, 0.2) is 30.3 Å². The van der Waals surface area contributed by atoms with Crippen LogP contribution in [0.1, 0.15) is 18.4 Å². The number of rotatable bonds is 6. The van der Waals surface area contributed by atoms with Crippen LogP contribution in [-0.2, 0) is 25.7 Å². The molecule has 134 valence electrons. The molecule has 0 bridgehead atoms. The van der Waals surface area contributed by atoms with Crippen LogP contribution in [0.4, 0.5) is 0 Å². The Balaban J connectivity index is 1.47. The third kappa shape index (κ3) is 4.57. The molecule has 25 heavy (non-hydrogen) atoms. The van der Waals surface area contributed by atoms with E-state index in [2.05, 4.69) is 5.32 Å². The van der Waals surface area contributed by atoms with Gasteiger partial charge in [-0.2, -0.15) is 0 Å². The fourth-order valence-corrected chi connectivity index (χ4v) is 3.08. The van der Waals surface area contributed by atoms with Gasteiger partial charge in [-0.15, -0.1) is 0 Å². The summed E-state index contributed by atoms with van der Waals surface area (Å²) in [7, 11) is 0. The number of amides is 3. The lowest BCUT2D eigenvalue weighted by Crippen LogP contribution is -2.56. The lowest BCUT2D eigenvalue weighted by Gasteiger charge is -2.33. The molecule has 1 aromatic rings. The largest absolute Gasteiger partial charge is 0.376 e. The first-order valence-electron chi connectivity index (χ1n) is 8.64. The van der Waals surface area contributed by atoms with Gasteiger partial charge in [0.05, 0.1) is 6.10 Å². The summed E-state index contributed by atoms with van der Waals surface area (Å²) in [5.41, 5.74) is 0.978. The van der Waals surface area contributed by atoms with Gasteiger partial charge in [0.2, 0.25) is 5.91 Å². The van der Waals surface area contributed by atoms with Gasteiger partial charge in [-0.05, 0) is 18.4 Å². The Bertz CT molecular complexity index is 628. The Hall–Kier alpha value is -2.41. The number of benzene rings is 1. The second-order valence-electron chi connectivity index (χ2n) is 6.38. The molecule has 2 saturated heterocycles. The molecular weight excluding hydrogens is 322 g/mol. The molecule has 2 aliphatic heterocycles. The van der Waals surface area contributed by atoms with Gasteiger partial charge in [-0.1, -0.05) is 30.3 Å². The standard InChI is InChI=1S/C18H23N3O4/c22-16(19-11-15-7-4-10-25-15)13-21-9-8-20(17(23)18(21)24)12-14-5-2-1-3-6-14/h1-3,5-6,15H,4,7-13H2,(H,19,22)/t15-/m0/s1. The highest BCUT2D eigenvalue weighted by Crippen LogP contribution is 2.12. The third-order valence-corrected chi connectivity index (χ3v) is 4.50. The molecule has 1 atom stereocenters. The molecular formula is C18H23N3O4. The average molecular weight is 345 g/mol. The van der Waals surface area contributed by atoms with Crippen LogP contribution in [0, 0.1) is 0 Å². The molecule has 0 unspecified atom stereocenters. The van der Waals surface area contributed by atoms with Crippen LogP contribution < -0.4 is 5.32 Å². The van der Waals surface area contributed by atoms with E-state index in [-0.39, 0.29) is 18.6 Å². The van der Waals surface area contributed by atoms with Gasteiger partial charge in [0.25, 0.3) is 0 Å². The van der Waals surface area contributed by atoms with Crippen LogP contribution in [-0.4, -0.2) is 66.4 Å². The first-order chi connectivity index (χ1) is 12.1. The maximum atomic E-state index is 12.3. The highest BCUT2D eigenvalue weighted by molar-refractivity contribution is 6.35. The molecule has 0 radical (unpaired) electrons. The summed E-state index contributed by atoms with van der Waals surface area (Å²) in [6.07, 6.45) is 2.01.